The van der Waals surface area contributed by atoms with Gasteiger partial charge in [-0.05, 0) is 49.4 Å². The van der Waals surface area contributed by atoms with Crippen molar-refractivity contribution in [1.29, 1.82) is 0 Å². The lowest BCUT2D eigenvalue weighted by atomic mass is 9.76. The molecule has 112 valence electrons. The SMILES string of the molecule is Cc1cc(-c2nc(C3(N)CCCC(C)C3)no2)ccc1Cl. The van der Waals surface area contributed by atoms with E-state index < -0.39 is 5.54 Å². The smallest absolute Gasteiger partial charge is 0.258 e. The molecule has 0 bridgehead atoms. The summed E-state index contributed by atoms with van der Waals surface area (Å²) in [4.78, 5) is 4.54. The van der Waals surface area contributed by atoms with Crippen molar-refractivity contribution in [1.82, 2.24) is 10.1 Å². The molecule has 3 rings (SSSR count). The van der Waals surface area contributed by atoms with Crippen LogP contribution in [-0.4, -0.2) is 10.1 Å². The normalized spacial score (nSPS) is 26.0. The largest absolute Gasteiger partial charge is 0.334 e. The molecule has 2 unspecified atom stereocenters. The van der Waals surface area contributed by atoms with Crippen LogP contribution in [0.15, 0.2) is 22.7 Å². The van der Waals surface area contributed by atoms with Gasteiger partial charge >= 0.3 is 0 Å². The van der Waals surface area contributed by atoms with Gasteiger partial charge in [-0.15, -0.1) is 0 Å². The summed E-state index contributed by atoms with van der Waals surface area (Å²) in [6.07, 6.45) is 4.16. The molecule has 2 aromatic rings. The van der Waals surface area contributed by atoms with Crippen LogP contribution >= 0.6 is 11.6 Å². The molecule has 0 radical (unpaired) electrons. The molecule has 2 N–H and O–H groups in total. The Morgan fingerprint density at radius 1 is 1.43 bits per heavy atom. The number of benzene rings is 1. The van der Waals surface area contributed by atoms with Crippen LogP contribution in [0.25, 0.3) is 11.5 Å². The molecule has 1 aliphatic rings. The van der Waals surface area contributed by atoms with Crippen LogP contribution < -0.4 is 5.73 Å². The molecule has 0 saturated heterocycles. The van der Waals surface area contributed by atoms with E-state index in [4.69, 9.17) is 21.9 Å². The molecule has 5 heteroatoms. The Labute approximate surface area is 129 Å². The van der Waals surface area contributed by atoms with Gasteiger partial charge in [0, 0.05) is 10.6 Å². The van der Waals surface area contributed by atoms with E-state index in [1.165, 1.54) is 6.42 Å². The van der Waals surface area contributed by atoms with Crippen molar-refractivity contribution >= 4 is 11.6 Å². The molecule has 2 atom stereocenters. The maximum Gasteiger partial charge on any atom is 0.258 e. The lowest BCUT2D eigenvalue weighted by molar-refractivity contribution is 0.222. The van der Waals surface area contributed by atoms with Gasteiger partial charge in [0.25, 0.3) is 5.89 Å². The molecule has 1 heterocycles. The first kappa shape index (κ1) is 14.5. The molecule has 1 aliphatic carbocycles. The predicted molar refractivity (Wildman–Crippen MR) is 83.0 cm³/mol. The molecule has 21 heavy (non-hydrogen) atoms. The quantitative estimate of drug-likeness (QED) is 0.908. The Bertz CT molecular complexity index is 655. The van der Waals surface area contributed by atoms with Crippen molar-refractivity contribution in [3.8, 4) is 11.5 Å². The molecular weight excluding hydrogens is 286 g/mol. The van der Waals surface area contributed by atoms with Gasteiger partial charge in [-0.1, -0.05) is 36.5 Å². The van der Waals surface area contributed by atoms with E-state index in [0.717, 1.165) is 35.4 Å². The zero-order valence-corrected chi connectivity index (χ0v) is 13.2. The van der Waals surface area contributed by atoms with Gasteiger partial charge in [-0.25, -0.2) is 0 Å². The van der Waals surface area contributed by atoms with Crippen molar-refractivity contribution in [3.63, 3.8) is 0 Å². The Morgan fingerprint density at radius 2 is 2.24 bits per heavy atom. The molecule has 1 aromatic carbocycles. The van der Waals surface area contributed by atoms with E-state index in [1.54, 1.807) is 0 Å². The second-order valence-electron chi connectivity index (χ2n) is 6.24. The summed E-state index contributed by atoms with van der Waals surface area (Å²) in [5, 5.41) is 4.86. The number of aromatic nitrogens is 2. The third-order valence-electron chi connectivity index (χ3n) is 4.31. The second-order valence-corrected chi connectivity index (χ2v) is 6.65. The molecule has 4 nitrogen and oxygen atoms in total. The van der Waals surface area contributed by atoms with Crippen LogP contribution in [-0.2, 0) is 5.54 Å². The molecule has 0 amide bonds. The van der Waals surface area contributed by atoms with E-state index in [0.29, 0.717) is 17.6 Å². The van der Waals surface area contributed by atoms with E-state index in [2.05, 4.69) is 17.1 Å². The lowest BCUT2D eigenvalue weighted by Crippen LogP contribution is -2.42. The number of rotatable bonds is 2. The van der Waals surface area contributed by atoms with E-state index >= 15 is 0 Å². The number of nitrogens with two attached hydrogens (primary N) is 1. The highest BCUT2D eigenvalue weighted by molar-refractivity contribution is 6.31. The third kappa shape index (κ3) is 2.83. The summed E-state index contributed by atoms with van der Waals surface area (Å²) in [6, 6.07) is 5.68. The highest BCUT2D eigenvalue weighted by Crippen LogP contribution is 2.37. The van der Waals surface area contributed by atoms with Crippen molar-refractivity contribution in [2.45, 2.75) is 45.1 Å². The third-order valence-corrected chi connectivity index (χ3v) is 4.73. The van der Waals surface area contributed by atoms with Crippen LogP contribution in [0.2, 0.25) is 5.02 Å². The molecule has 1 aromatic heterocycles. The molecule has 1 fully saturated rings. The lowest BCUT2D eigenvalue weighted by Gasteiger charge is -2.33. The maximum atomic E-state index is 6.51. The minimum atomic E-state index is -0.457. The Kier molecular flexibility index (Phi) is 3.76. The topological polar surface area (TPSA) is 64.9 Å². The number of nitrogens with zero attached hydrogens (tertiary/aromatic N) is 2. The minimum absolute atomic E-state index is 0.457. The fourth-order valence-electron chi connectivity index (χ4n) is 3.12. The van der Waals surface area contributed by atoms with Gasteiger partial charge in [0.2, 0.25) is 0 Å². The average Bonchev–Trinajstić information content (AvgIpc) is 2.92. The zero-order valence-electron chi connectivity index (χ0n) is 12.4. The Morgan fingerprint density at radius 3 is 2.95 bits per heavy atom. The maximum absolute atomic E-state index is 6.51. The standard InChI is InChI=1S/C16H20ClN3O/c1-10-4-3-7-16(18,9-10)15-19-14(21-20-15)12-5-6-13(17)11(2)8-12/h5-6,8,10H,3-4,7,9,18H2,1-2H3. The van der Waals surface area contributed by atoms with Gasteiger partial charge in [0.05, 0.1) is 5.54 Å². The van der Waals surface area contributed by atoms with Gasteiger partial charge < -0.3 is 10.3 Å². The van der Waals surface area contributed by atoms with E-state index in [-0.39, 0.29) is 0 Å². The van der Waals surface area contributed by atoms with Crippen LogP contribution in [0.5, 0.6) is 0 Å². The molecule has 1 saturated carbocycles. The number of aryl methyl sites for hydroxylation is 1. The number of hydrogen-bond acceptors (Lipinski definition) is 4. The van der Waals surface area contributed by atoms with E-state index in [1.807, 2.05) is 25.1 Å². The summed E-state index contributed by atoms with van der Waals surface area (Å²) >= 11 is 6.05. The monoisotopic (exact) mass is 305 g/mol. The first-order chi connectivity index (χ1) is 9.98. The minimum Gasteiger partial charge on any atom is -0.334 e. The van der Waals surface area contributed by atoms with Gasteiger partial charge in [-0.3, -0.25) is 0 Å². The average molecular weight is 306 g/mol. The van der Waals surface area contributed by atoms with Crippen LogP contribution in [0.1, 0.15) is 44.0 Å². The van der Waals surface area contributed by atoms with Crippen molar-refractivity contribution < 1.29 is 4.52 Å². The van der Waals surface area contributed by atoms with Crippen LogP contribution in [0, 0.1) is 12.8 Å². The molecular formula is C16H20ClN3O. The number of halogens is 1. The zero-order chi connectivity index (χ0) is 15.0. The summed E-state index contributed by atoms with van der Waals surface area (Å²) in [6.45, 7) is 4.18. The summed E-state index contributed by atoms with van der Waals surface area (Å²) in [5.41, 5.74) is 7.92. The first-order valence-electron chi connectivity index (χ1n) is 7.37. The van der Waals surface area contributed by atoms with Crippen molar-refractivity contribution in [2.75, 3.05) is 0 Å². The van der Waals surface area contributed by atoms with Crippen molar-refractivity contribution in [3.05, 3.63) is 34.6 Å². The van der Waals surface area contributed by atoms with E-state index in [9.17, 15) is 0 Å². The van der Waals surface area contributed by atoms with Crippen LogP contribution in [0.3, 0.4) is 0 Å². The predicted octanol–water partition coefficient (Wildman–Crippen LogP) is 4.06. The highest BCUT2D eigenvalue weighted by atomic mass is 35.5. The summed E-state index contributed by atoms with van der Waals surface area (Å²) in [7, 11) is 0. The second kappa shape index (κ2) is 5.43. The highest BCUT2D eigenvalue weighted by Gasteiger charge is 2.37. The summed E-state index contributed by atoms with van der Waals surface area (Å²) < 4.78 is 5.42. The molecule has 0 spiro atoms. The first-order valence-corrected chi connectivity index (χ1v) is 7.75. The Balaban J connectivity index is 1.90. The van der Waals surface area contributed by atoms with Gasteiger partial charge in [0.15, 0.2) is 5.82 Å². The van der Waals surface area contributed by atoms with Gasteiger partial charge in [0.1, 0.15) is 0 Å². The van der Waals surface area contributed by atoms with Crippen LogP contribution in [0.4, 0.5) is 0 Å². The van der Waals surface area contributed by atoms with Crippen molar-refractivity contribution in [2.24, 2.45) is 11.7 Å². The molecule has 0 aliphatic heterocycles. The number of hydrogen-bond donors (Lipinski definition) is 1. The van der Waals surface area contributed by atoms with Gasteiger partial charge in [-0.2, -0.15) is 4.98 Å². The fourth-order valence-corrected chi connectivity index (χ4v) is 3.23. The fraction of sp³-hybridized carbons (Fsp3) is 0.500. The summed E-state index contributed by atoms with van der Waals surface area (Å²) in [5.74, 6) is 1.73. The Hall–Kier alpha value is -1.39.